The average Bonchev–Trinajstić information content (AvgIpc) is 1.86. The molecule has 0 saturated heterocycles. The maximum Gasteiger partial charge on any atom is 0.269 e. The molecule has 0 fully saturated rings. The van der Waals surface area contributed by atoms with Crippen molar-refractivity contribution >= 4 is 16.4 Å². The smallest absolute Gasteiger partial charge is 0.269 e. The lowest BCUT2D eigenvalue weighted by Gasteiger charge is -2.04. The number of hydrogen-bond donors (Lipinski definition) is 1. The molecule has 0 aliphatic heterocycles. The predicted octanol–water partition coefficient (Wildman–Crippen LogP) is -0.774. The van der Waals surface area contributed by atoms with E-state index in [9.17, 15) is 13.2 Å². The van der Waals surface area contributed by atoms with Crippen LogP contribution < -0.4 is 5.73 Å². The van der Waals surface area contributed by atoms with E-state index in [-0.39, 0.29) is 12.0 Å². The number of aldehydes is 1. The topological polar surface area (TPSA) is 86.5 Å². The van der Waals surface area contributed by atoms with Crippen LogP contribution >= 0.6 is 0 Å². The Morgan fingerprint density at radius 3 is 2.55 bits per heavy atom. The quantitative estimate of drug-likeness (QED) is 0.342. The van der Waals surface area contributed by atoms with Crippen molar-refractivity contribution in [3.63, 3.8) is 0 Å². The first-order valence-electron chi connectivity index (χ1n) is 3.13. The SMILES string of the molecule is CCCS(=O)(=O)OC(N)C=O. The molecule has 11 heavy (non-hydrogen) atoms. The van der Waals surface area contributed by atoms with Gasteiger partial charge in [-0.25, -0.2) is 4.18 Å². The van der Waals surface area contributed by atoms with Gasteiger partial charge in [0.25, 0.3) is 10.1 Å². The van der Waals surface area contributed by atoms with Gasteiger partial charge < -0.3 is 0 Å². The van der Waals surface area contributed by atoms with Crippen molar-refractivity contribution in [1.82, 2.24) is 0 Å². The molecule has 0 rings (SSSR count). The summed E-state index contributed by atoms with van der Waals surface area (Å²) in [4.78, 5) is 9.87. The van der Waals surface area contributed by atoms with Gasteiger partial charge in [0.15, 0.2) is 12.5 Å². The number of carbonyl (C=O) groups is 1. The second-order valence-electron chi connectivity index (χ2n) is 1.96. The summed E-state index contributed by atoms with van der Waals surface area (Å²) in [5.41, 5.74) is 4.92. The molecule has 1 atom stereocenters. The van der Waals surface area contributed by atoms with E-state index in [1.165, 1.54) is 0 Å². The molecule has 0 bridgehead atoms. The van der Waals surface area contributed by atoms with Crippen LogP contribution in [0.1, 0.15) is 13.3 Å². The average molecular weight is 181 g/mol. The normalized spacial score (nSPS) is 14.4. The summed E-state index contributed by atoms with van der Waals surface area (Å²) in [6.45, 7) is 1.69. The summed E-state index contributed by atoms with van der Waals surface area (Å²) in [5.74, 6) is -0.117. The Morgan fingerprint density at radius 1 is 1.64 bits per heavy atom. The Bertz CT molecular complexity index is 211. The summed E-state index contributed by atoms with van der Waals surface area (Å²) in [6.07, 6.45) is -0.701. The molecule has 0 saturated carbocycles. The fourth-order valence-corrected chi connectivity index (χ4v) is 1.47. The van der Waals surface area contributed by atoms with Gasteiger partial charge in [-0.1, -0.05) is 6.92 Å². The number of hydrogen-bond acceptors (Lipinski definition) is 5. The fraction of sp³-hybridized carbons (Fsp3) is 0.800. The molecular weight excluding hydrogens is 170 g/mol. The van der Waals surface area contributed by atoms with Gasteiger partial charge in [-0.15, -0.1) is 0 Å². The zero-order chi connectivity index (χ0) is 8.91. The first-order chi connectivity index (χ1) is 5.02. The van der Waals surface area contributed by atoms with Gasteiger partial charge in [-0.05, 0) is 6.42 Å². The molecule has 0 aliphatic carbocycles. The van der Waals surface area contributed by atoms with E-state index in [1.807, 2.05) is 0 Å². The lowest BCUT2D eigenvalue weighted by Crippen LogP contribution is -2.29. The minimum atomic E-state index is -3.60. The van der Waals surface area contributed by atoms with Gasteiger partial charge in [-0.3, -0.25) is 10.5 Å². The van der Waals surface area contributed by atoms with Gasteiger partial charge in [0, 0.05) is 0 Å². The zero-order valence-corrected chi connectivity index (χ0v) is 7.00. The standard InChI is InChI=1S/C5H11NO4S/c1-2-3-11(8,9)10-5(6)4-7/h4-5H,2-3,6H2,1H3. The van der Waals surface area contributed by atoms with Crippen molar-refractivity contribution in [2.24, 2.45) is 5.73 Å². The highest BCUT2D eigenvalue weighted by Crippen LogP contribution is 1.96. The Kier molecular flexibility index (Phi) is 4.24. The van der Waals surface area contributed by atoms with Crippen molar-refractivity contribution in [1.29, 1.82) is 0 Å². The number of rotatable bonds is 5. The first kappa shape index (κ1) is 10.5. The summed E-state index contributed by atoms with van der Waals surface area (Å²) in [6, 6.07) is 0. The van der Waals surface area contributed by atoms with Crippen LogP contribution in [-0.2, 0) is 19.1 Å². The summed E-state index contributed by atoms with van der Waals surface area (Å²) < 4.78 is 25.7. The highest BCUT2D eigenvalue weighted by molar-refractivity contribution is 7.86. The van der Waals surface area contributed by atoms with Crippen LogP contribution in [-0.4, -0.2) is 26.7 Å². The van der Waals surface area contributed by atoms with Crippen LogP contribution in [0.15, 0.2) is 0 Å². The lowest BCUT2D eigenvalue weighted by atomic mass is 10.6. The zero-order valence-electron chi connectivity index (χ0n) is 6.19. The van der Waals surface area contributed by atoms with Gasteiger partial charge in [0.2, 0.25) is 0 Å². The van der Waals surface area contributed by atoms with Crippen LogP contribution in [0.5, 0.6) is 0 Å². The van der Waals surface area contributed by atoms with E-state index >= 15 is 0 Å². The number of carbonyl (C=O) groups excluding carboxylic acids is 1. The van der Waals surface area contributed by atoms with E-state index in [0.29, 0.717) is 6.42 Å². The minimum absolute atomic E-state index is 0.117. The van der Waals surface area contributed by atoms with Crippen LogP contribution in [0.4, 0.5) is 0 Å². The third-order valence-corrected chi connectivity index (χ3v) is 2.27. The van der Waals surface area contributed by atoms with Crippen LogP contribution in [0.2, 0.25) is 0 Å². The van der Waals surface area contributed by atoms with Gasteiger partial charge in [0.1, 0.15) is 0 Å². The Balaban J connectivity index is 4.02. The van der Waals surface area contributed by atoms with E-state index in [0.717, 1.165) is 0 Å². The highest BCUT2D eigenvalue weighted by atomic mass is 32.2. The number of nitrogens with two attached hydrogens (primary N) is 1. The molecule has 66 valence electrons. The largest absolute Gasteiger partial charge is 0.299 e. The molecule has 2 N–H and O–H groups in total. The van der Waals surface area contributed by atoms with Crippen LogP contribution in [0.3, 0.4) is 0 Å². The molecule has 0 aromatic heterocycles. The highest BCUT2D eigenvalue weighted by Gasteiger charge is 2.13. The van der Waals surface area contributed by atoms with Crippen molar-refractivity contribution in [3.8, 4) is 0 Å². The molecule has 0 aromatic rings. The second kappa shape index (κ2) is 4.42. The van der Waals surface area contributed by atoms with Gasteiger partial charge >= 0.3 is 0 Å². The fourth-order valence-electron chi connectivity index (χ4n) is 0.490. The second-order valence-corrected chi connectivity index (χ2v) is 3.67. The van der Waals surface area contributed by atoms with Gasteiger partial charge in [0.05, 0.1) is 5.75 Å². The van der Waals surface area contributed by atoms with E-state index in [2.05, 4.69) is 4.18 Å². The Labute approximate surface area is 65.6 Å². The van der Waals surface area contributed by atoms with Crippen LogP contribution in [0, 0.1) is 0 Å². The van der Waals surface area contributed by atoms with E-state index in [4.69, 9.17) is 5.73 Å². The molecule has 0 aromatic carbocycles. The third-order valence-electron chi connectivity index (χ3n) is 0.846. The minimum Gasteiger partial charge on any atom is -0.299 e. The van der Waals surface area contributed by atoms with E-state index in [1.54, 1.807) is 6.92 Å². The maximum atomic E-state index is 10.7. The first-order valence-corrected chi connectivity index (χ1v) is 4.71. The maximum absolute atomic E-state index is 10.7. The summed E-state index contributed by atoms with van der Waals surface area (Å²) >= 11 is 0. The lowest BCUT2D eigenvalue weighted by molar-refractivity contribution is -0.113. The molecule has 0 aliphatic rings. The van der Waals surface area contributed by atoms with Crippen LogP contribution in [0.25, 0.3) is 0 Å². The monoisotopic (exact) mass is 181 g/mol. The molecule has 0 amide bonds. The summed E-state index contributed by atoms with van der Waals surface area (Å²) in [7, 11) is -3.60. The Hall–Kier alpha value is -0.460. The van der Waals surface area contributed by atoms with Gasteiger partial charge in [-0.2, -0.15) is 8.42 Å². The molecule has 0 radical (unpaired) electrons. The molecular formula is C5H11NO4S. The molecule has 6 heteroatoms. The molecule has 5 nitrogen and oxygen atoms in total. The summed E-state index contributed by atoms with van der Waals surface area (Å²) in [5, 5.41) is 0. The Morgan fingerprint density at radius 2 is 2.18 bits per heavy atom. The molecule has 1 unspecified atom stereocenters. The van der Waals surface area contributed by atoms with Crippen molar-refractivity contribution in [3.05, 3.63) is 0 Å². The van der Waals surface area contributed by atoms with Crippen molar-refractivity contribution < 1.29 is 17.4 Å². The van der Waals surface area contributed by atoms with Crippen molar-refractivity contribution in [2.45, 2.75) is 19.6 Å². The molecule has 0 spiro atoms. The predicted molar refractivity (Wildman–Crippen MR) is 39.2 cm³/mol. The van der Waals surface area contributed by atoms with Crippen molar-refractivity contribution in [2.75, 3.05) is 5.75 Å². The third kappa shape index (κ3) is 4.88. The molecule has 0 heterocycles. The van der Waals surface area contributed by atoms with E-state index < -0.39 is 16.3 Å².